The fourth-order valence-corrected chi connectivity index (χ4v) is 5.40. The molecule has 0 N–H and O–H groups in total. The predicted octanol–water partition coefficient (Wildman–Crippen LogP) is 6.92. The first kappa shape index (κ1) is 27.8. The molecule has 0 aliphatic heterocycles. The largest absolute Gasteiger partial charge is 0.500 e. The van der Waals surface area contributed by atoms with E-state index in [2.05, 4.69) is 20.4 Å². The molecule has 0 radical (unpaired) electrons. The zero-order valence-corrected chi connectivity index (χ0v) is 20.5. The normalized spacial score (nSPS) is 14.2. The Morgan fingerprint density at radius 2 is 1.29 bits per heavy atom. The van der Waals surface area contributed by atoms with Crippen LogP contribution in [0, 0.1) is 0 Å². The molecule has 0 fully saturated rings. The summed E-state index contributed by atoms with van der Waals surface area (Å²) in [7, 11) is 2.68. The number of ether oxygens (including phenoxy) is 1. The van der Waals surface area contributed by atoms with E-state index >= 15 is 0 Å². The summed E-state index contributed by atoms with van der Waals surface area (Å²) in [6.07, 6.45) is 18.6. The van der Waals surface area contributed by atoms with E-state index < -0.39 is 8.80 Å². The molecule has 0 saturated heterocycles. The monoisotopic (exact) mass is 416 g/mol. The van der Waals surface area contributed by atoms with E-state index in [9.17, 15) is 0 Å². The first-order chi connectivity index (χ1) is 13.6. The summed E-state index contributed by atoms with van der Waals surface area (Å²) < 4.78 is 22.7. The van der Waals surface area contributed by atoms with Gasteiger partial charge in [-0.15, -0.1) is 6.58 Å². The zero-order valence-electron chi connectivity index (χ0n) is 19.5. The highest BCUT2D eigenvalue weighted by Gasteiger charge is 2.36. The molecule has 4 nitrogen and oxygen atoms in total. The van der Waals surface area contributed by atoms with Crippen molar-refractivity contribution in [3.63, 3.8) is 0 Å². The minimum Gasteiger partial charge on any atom is -0.377 e. The summed E-state index contributed by atoms with van der Waals surface area (Å²) in [4.78, 5) is 0. The molecule has 0 aliphatic carbocycles. The average molecular weight is 417 g/mol. The van der Waals surface area contributed by atoms with Crippen LogP contribution in [0.4, 0.5) is 0 Å². The lowest BCUT2D eigenvalue weighted by atomic mass is 10.1. The Bertz CT molecular complexity index is 339. The Morgan fingerprint density at radius 1 is 0.750 bits per heavy atom. The summed E-state index contributed by atoms with van der Waals surface area (Å²) in [5.41, 5.74) is 0. The van der Waals surface area contributed by atoms with Gasteiger partial charge in [0.05, 0.1) is 12.2 Å². The zero-order chi connectivity index (χ0) is 21.1. The number of rotatable bonds is 21. The van der Waals surface area contributed by atoms with E-state index in [-0.39, 0.29) is 6.10 Å². The van der Waals surface area contributed by atoms with Crippen molar-refractivity contribution in [3.8, 4) is 0 Å². The van der Waals surface area contributed by atoms with Crippen LogP contribution in [0.3, 0.4) is 0 Å². The SMILES string of the molecule is C=CC(CCCCCCC)OC(CC)CCCCCCC[Si](OC)(OC)OC. The van der Waals surface area contributed by atoms with Crippen LogP contribution in [-0.2, 0) is 18.0 Å². The maximum Gasteiger partial charge on any atom is 0.500 e. The van der Waals surface area contributed by atoms with Gasteiger partial charge in [0.15, 0.2) is 0 Å². The van der Waals surface area contributed by atoms with Crippen molar-refractivity contribution in [1.82, 2.24) is 0 Å². The van der Waals surface area contributed by atoms with Crippen molar-refractivity contribution >= 4 is 8.80 Å². The van der Waals surface area contributed by atoms with Crippen LogP contribution in [0.15, 0.2) is 12.7 Å². The minimum atomic E-state index is -2.38. The first-order valence-corrected chi connectivity index (χ1v) is 13.5. The molecule has 0 aromatic carbocycles. The lowest BCUT2D eigenvalue weighted by Crippen LogP contribution is -2.42. The van der Waals surface area contributed by atoms with Crippen LogP contribution >= 0.6 is 0 Å². The molecular weight excluding hydrogens is 368 g/mol. The highest BCUT2D eigenvalue weighted by molar-refractivity contribution is 6.60. The molecule has 0 saturated carbocycles. The van der Waals surface area contributed by atoms with Gasteiger partial charge in [-0.05, 0) is 25.7 Å². The quantitative estimate of drug-likeness (QED) is 0.116. The van der Waals surface area contributed by atoms with Crippen molar-refractivity contribution in [1.29, 1.82) is 0 Å². The molecule has 28 heavy (non-hydrogen) atoms. The van der Waals surface area contributed by atoms with Gasteiger partial charge in [-0.1, -0.05) is 77.7 Å². The fraction of sp³-hybridized carbons (Fsp3) is 0.913. The third kappa shape index (κ3) is 13.1. The van der Waals surface area contributed by atoms with Crippen LogP contribution in [0.1, 0.15) is 97.3 Å². The number of hydrogen-bond donors (Lipinski definition) is 0. The molecule has 2 unspecified atom stereocenters. The Morgan fingerprint density at radius 3 is 1.82 bits per heavy atom. The van der Waals surface area contributed by atoms with Gasteiger partial charge in [-0.3, -0.25) is 0 Å². The van der Waals surface area contributed by atoms with Crippen molar-refractivity contribution < 1.29 is 18.0 Å². The van der Waals surface area contributed by atoms with Gasteiger partial charge in [0.1, 0.15) is 0 Å². The molecule has 0 rings (SSSR count). The molecule has 168 valence electrons. The molecule has 5 heteroatoms. The topological polar surface area (TPSA) is 36.9 Å². The Kier molecular flexibility index (Phi) is 18.7. The summed E-state index contributed by atoms with van der Waals surface area (Å²) in [6.45, 7) is 8.47. The lowest BCUT2D eigenvalue weighted by molar-refractivity contribution is 0.000488. The van der Waals surface area contributed by atoms with E-state index in [0.29, 0.717) is 6.10 Å². The fourth-order valence-electron chi connectivity index (χ4n) is 3.61. The Balaban J connectivity index is 3.87. The average Bonchev–Trinajstić information content (AvgIpc) is 2.73. The van der Waals surface area contributed by atoms with Gasteiger partial charge in [0.2, 0.25) is 0 Å². The van der Waals surface area contributed by atoms with Gasteiger partial charge < -0.3 is 18.0 Å². The smallest absolute Gasteiger partial charge is 0.377 e. The molecule has 0 bridgehead atoms. The van der Waals surface area contributed by atoms with E-state index in [1.54, 1.807) is 21.3 Å². The van der Waals surface area contributed by atoms with E-state index in [1.807, 2.05) is 6.08 Å². The highest BCUT2D eigenvalue weighted by Crippen LogP contribution is 2.20. The minimum absolute atomic E-state index is 0.224. The molecule has 0 heterocycles. The Hall–Kier alpha value is -0.203. The van der Waals surface area contributed by atoms with Gasteiger partial charge in [0.25, 0.3) is 0 Å². The second kappa shape index (κ2) is 18.8. The maximum atomic E-state index is 6.31. The van der Waals surface area contributed by atoms with Crippen LogP contribution in [-0.4, -0.2) is 42.3 Å². The van der Waals surface area contributed by atoms with Crippen LogP contribution < -0.4 is 0 Å². The molecule has 0 aliphatic rings. The van der Waals surface area contributed by atoms with Crippen molar-refractivity contribution in [3.05, 3.63) is 12.7 Å². The van der Waals surface area contributed by atoms with E-state index in [4.69, 9.17) is 18.0 Å². The predicted molar refractivity (Wildman–Crippen MR) is 122 cm³/mol. The maximum absolute atomic E-state index is 6.31. The van der Waals surface area contributed by atoms with Crippen LogP contribution in [0.25, 0.3) is 0 Å². The molecule has 0 amide bonds. The molecular formula is C23H48O4Si. The van der Waals surface area contributed by atoms with Gasteiger partial charge in [0, 0.05) is 27.4 Å². The Labute approximate surface area is 176 Å². The second-order valence-electron chi connectivity index (χ2n) is 7.75. The third-order valence-electron chi connectivity index (χ3n) is 5.62. The number of hydrogen-bond acceptors (Lipinski definition) is 4. The van der Waals surface area contributed by atoms with Crippen molar-refractivity contribution in [2.45, 2.75) is 116 Å². The van der Waals surface area contributed by atoms with Crippen LogP contribution in [0.5, 0.6) is 0 Å². The standard InChI is InChI=1S/C23H48O4Si/c1-7-10-11-13-16-19-22(8-2)27-23(9-3)20-17-14-12-15-18-21-28(24-4,25-5)26-6/h8,22-23H,2,7,9-21H2,1,3-6H3. The van der Waals surface area contributed by atoms with Crippen molar-refractivity contribution in [2.24, 2.45) is 0 Å². The number of unbranched alkanes of at least 4 members (excludes halogenated alkanes) is 8. The van der Waals surface area contributed by atoms with Crippen molar-refractivity contribution in [2.75, 3.05) is 21.3 Å². The highest BCUT2D eigenvalue weighted by atomic mass is 28.4. The molecule has 2 atom stereocenters. The van der Waals surface area contributed by atoms with Gasteiger partial charge >= 0.3 is 8.80 Å². The summed E-state index contributed by atoms with van der Waals surface area (Å²) >= 11 is 0. The first-order valence-electron chi connectivity index (χ1n) is 11.5. The molecule has 0 spiro atoms. The van der Waals surface area contributed by atoms with E-state index in [0.717, 1.165) is 31.7 Å². The lowest BCUT2D eigenvalue weighted by Gasteiger charge is -2.24. The molecule has 0 aromatic heterocycles. The van der Waals surface area contributed by atoms with E-state index in [1.165, 1.54) is 57.8 Å². The third-order valence-corrected chi connectivity index (χ3v) is 8.45. The van der Waals surface area contributed by atoms with Gasteiger partial charge in [-0.25, -0.2) is 0 Å². The van der Waals surface area contributed by atoms with Crippen LogP contribution in [0.2, 0.25) is 6.04 Å². The summed E-state index contributed by atoms with van der Waals surface area (Å²) in [6, 6.07) is 0.899. The summed E-state index contributed by atoms with van der Waals surface area (Å²) in [5, 5.41) is 0. The molecule has 0 aromatic rings. The van der Waals surface area contributed by atoms with Gasteiger partial charge in [-0.2, -0.15) is 0 Å². The summed E-state index contributed by atoms with van der Waals surface area (Å²) in [5.74, 6) is 0. The second-order valence-corrected chi connectivity index (χ2v) is 10.8.